The van der Waals surface area contributed by atoms with Crippen molar-refractivity contribution in [2.45, 2.75) is 33.2 Å². The maximum Gasteiger partial charge on any atom is 0.0346 e. The molecule has 0 amide bonds. The molecule has 0 fully saturated rings. The van der Waals surface area contributed by atoms with Gasteiger partial charge in [-0.15, -0.1) is 0 Å². The van der Waals surface area contributed by atoms with Gasteiger partial charge >= 0.3 is 0 Å². The minimum atomic E-state index is 0.461. The van der Waals surface area contributed by atoms with Gasteiger partial charge in [0.05, 0.1) is 0 Å². The van der Waals surface area contributed by atoms with E-state index in [1.807, 2.05) is 7.05 Å². The van der Waals surface area contributed by atoms with Gasteiger partial charge in [0.25, 0.3) is 0 Å². The minimum absolute atomic E-state index is 0.461. The van der Waals surface area contributed by atoms with Gasteiger partial charge in [0.15, 0.2) is 0 Å². The number of rotatable bonds is 4. The highest BCUT2D eigenvalue weighted by Gasteiger charge is 2.17. The SMILES string of the molecule is CCC(C)C(NC)c1ccc(Br)cc1C. The first-order valence-corrected chi connectivity index (χ1v) is 6.32. The maximum absolute atomic E-state index is 3.50. The number of benzene rings is 1. The molecule has 0 aliphatic carbocycles. The van der Waals surface area contributed by atoms with Crippen LogP contribution in [0.15, 0.2) is 22.7 Å². The van der Waals surface area contributed by atoms with Gasteiger partial charge in [0.2, 0.25) is 0 Å². The predicted molar refractivity (Wildman–Crippen MR) is 70.1 cm³/mol. The zero-order chi connectivity index (χ0) is 11.4. The lowest BCUT2D eigenvalue weighted by Gasteiger charge is -2.24. The molecule has 0 aliphatic heterocycles. The van der Waals surface area contributed by atoms with E-state index in [4.69, 9.17) is 0 Å². The number of hydrogen-bond donors (Lipinski definition) is 1. The molecule has 1 nitrogen and oxygen atoms in total. The summed E-state index contributed by atoms with van der Waals surface area (Å²) >= 11 is 3.50. The van der Waals surface area contributed by atoms with Gasteiger partial charge in [-0.2, -0.15) is 0 Å². The Balaban J connectivity index is 3.01. The lowest BCUT2D eigenvalue weighted by molar-refractivity contribution is 0.399. The van der Waals surface area contributed by atoms with Crippen molar-refractivity contribution in [1.29, 1.82) is 0 Å². The van der Waals surface area contributed by atoms with Crippen LogP contribution in [0.1, 0.15) is 37.4 Å². The van der Waals surface area contributed by atoms with Crippen LogP contribution in [0.4, 0.5) is 0 Å². The molecular formula is C13H20BrN. The second-order valence-electron chi connectivity index (χ2n) is 4.15. The van der Waals surface area contributed by atoms with Crippen molar-refractivity contribution < 1.29 is 0 Å². The Morgan fingerprint density at radius 1 is 1.40 bits per heavy atom. The van der Waals surface area contributed by atoms with E-state index in [9.17, 15) is 0 Å². The largest absolute Gasteiger partial charge is 0.313 e. The van der Waals surface area contributed by atoms with Crippen LogP contribution in [0.3, 0.4) is 0 Å². The van der Waals surface area contributed by atoms with E-state index in [1.165, 1.54) is 17.5 Å². The fourth-order valence-electron chi connectivity index (χ4n) is 1.97. The maximum atomic E-state index is 3.50. The highest BCUT2D eigenvalue weighted by molar-refractivity contribution is 9.10. The van der Waals surface area contributed by atoms with E-state index in [1.54, 1.807) is 0 Å². The Morgan fingerprint density at radius 2 is 2.07 bits per heavy atom. The quantitative estimate of drug-likeness (QED) is 0.869. The highest BCUT2D eigenvalue weighted by Crippen LogP contribution is 2.28. The van der Waals surface area contributed by atoms with Crippen molar-refractivity contribution in [3.63, 3.8) is 0 Å². The number of aryl methyl sites for hydroxylation is 1. The molecule has 2 unspecified atom stereocenters. The van der Waals surface area contributed by atoms with Crippen LogP contribution in [0.25, 0.3) is 0 Å². The smallest absolute Gasteiger partial charge is 0.0346 e. The summed E-state index contributed by atoms with van der Waals surface area (Å²) in [6.07, 6.45) is 1.20. The van der Waals surface area contributed by atoms with Crippen molar-refractivity contribution in [3.8, 4) is 0 Å². The molecule has 0 radical (unpaired) electrons. The van der Waals surface area contributed by atoms with Crippen LogP contribution < -0.4 is 5.32 Å². The van der Waals surface area contributed by atoms with Crippen LogP contribution in [-0.2, 0) is 0 Å². The summed E-state index contributed by atoms with van der Waals surface area (Å²) in [5, 5.41) is 3.41. The van der Waals surface area contributed by atoms with E-state index in [2.05, 4.69) is 60.2 Å². The van der Waals surface area contributed by atoms with E-state index in [0.29, 0.717) is 12.0 Å². The average Bonchev–Trinajstić information content (AvgIpc) is 2.21. The van der Waals surface area contributed by atoms with Gasteiger partial charge in [-0.3, -0.25) is 0 Å². The summed E-state index contributed by atoms with van der Waals surface area (Å²) in [4.78, 5) is 0. The zero-order valence-corrected chi connectivity index (χ0v) is 11.6. The van der Waals surface area contributed by atoms with Gasteiger partial charge in [-0.1, -0.05) is 42.3 Å². The second kappa shape index (κ2) is 5.66. The molecule has 1 rings (SSSR count). The molecule has 2 atom stereocenters. The van der Waals surface area contributed by atoms with E-state index >= 15 is 0 Å². The fraction of sp³-hybridized carbons (Fsp3) is 0.538. The molecule has 0 bridgehead atoms. The summed E-state index contributed by atoms with van der Waals surface area (Å²) in [6.45, 7) is 6.71. The third kappa shape index (κ3) is 3.05. The van der Waals surface area contributed by atoms with Crippen molar-refractivity contribution in [2.75, 3.05) is 7.05 Å². The molecule has 1 aromatic rings. The molecule has 0 saturated carbocycles. The monoisotopic (exact) mass is 269 g/mol. The first-order valence-electron chi connectivity index (χ1n) is 5.53. The fourth-order valence-corrected chi connectivity index (χ4v) is 2.45. The lowest BCUT2D eigenvalue weighted by atomic mass is 9.90. The first-order chi connectivity index (χ1) is 7.10. The third-order valence-electron chi connectivity index (χ3n) is 3.09. The normalized spacial score (nSPS) is 15.0. The molecule has 0 saturated heterocycles. The lowest BCUT2D eigenvalue weighted by Crippen LogP contribution is -2.23. The molecule has 0 aromatic heterocycles. The van der Waals surface area contributed by atoms with Gasteiger partial charge in [-0.05, 0) is 43.1 Å². The number of halogens is 1. The van der Waals surface area contributed by atoms with Gasteiger partial charge in [0.1, 0.15) is 0 Å². The Kier molecular flexibility index (Phi) is 4.81. The summed E-state index contributed by atoms with van der Waals surface area (Å²) < 4.78 is 1.16. The molecule has 1 aromatic carbocycles. The van der Waals surface area contributed by atoms with Crippen molar-refractivity contribution in [1.82, 2.24) is 5.32 Å². The minimum Gasteiger partial charge on any atom is -0.313 e. The molecule has 15 heavy (non-hydrogen) atoms. The van der Waals surface area contributed by atoms with E-state index in [-0.39, 0.29) is 0 Å². The second-order valence-corrected chi connectivity index (χ2v) is 5.07. The van der Waals surface area contributed by atoms with Gasteiger partial charge < -0.3 is 5.32 Å². The molecule has 84 valence electrons. The van der Waals surface area contributed by atoms with Gasteiger partial charge in [0, 0.05) is 10.5 Å². The van der Waals surface area contributed by atoms with Crippen LogP contribution >= 0.6 is 15.9 Å². The Bertz CT molecular complexity index is 322. The van der Waals surface area contributed by atoms with Crippen LogP contribution in [-0.4, -0.2) is 7.05 Å². The topological polar surface area (TPSA) is 12.0 Å². The molecular weight excluding hydrogens is 250 g/mol. The molecule has 0 spiro atoms. The standard InChI is InChI=1S/C13H20BrN/c1-5-9(2)13(15-4)12-7-6-11(14)8-10(12)3/h6-9,13,15H,5H2,1-4H3. The van der Waals surface area contributed by atoms with Crippen LogP contribution in [0.5, 0.6) is 0 Å². The average molecular weight is 270 g/mol. The van der Waals surface area contributed by atoms with Crippen molar-refractivity contribution >= 4 is 15.9 Å². The molecule has 0 aliphatic rings. The predicted octanol–water partition coefficient (Wildman–Crippen LogP) is 4.06. The molecule has 0 heterocycles. The molecule has 1 N–H and O–H groups in total. The third-order valence-corrected chi connectivity index (χ3v) is 3.58. The summed E-state index contributed by atoms with van der Waals surface area (Å²) in [5.41, 5.74) is 2.76. The van der Waals surface area contributed by atoms with Crippen LogP contribution in [0.2, 0.25) is 0 Å². The van der Waals surface area contributed by atoms with Crippen molar-refractivity contribution in [3.05, 3.63) is 33.8 Å². The Labute approximate surface area is 101 Å². The van der Waals surface area contributed by atoms with E-state index < -0.39 is 0 Å². The van der Waals surface area contributed by atoms with E-state index in [0.717, 1.165) is 4.47 Å². The Hall–Kier alpha value is -0.340. The van der Waals surface area contributed by atoms with Gasteiger partial charge in [-0.25, -0.2) is 0 Å². The first kappa shape index (κ1) is 12.7. The Morgan fingerprint density at radius 3 is 2.53 bits per heavy atom. The zero-order valence-electron chi connectivity index (χ0n) is 9.97. The summed E-state index contributed by atoms with van der Waals surface area (Å²) in [7, 11) is 2.04. The summed E-state index contributed by atoms with van der Waals surface area (Å²) in [6, 6.07) is 6.98. The van der Waals surface area contributed by atoms with Crippen molar-refractivity contribution in [2.24, 2.45) is 5.92 Å². The molecule has 2 heteroatoms. The van der Waals surface area contributed by atoms with Crippen LogP contribution in [0, 0.1) is 12.8 Å². The number of nitrogens with one attached hydrogen (secondary N) is 1. The summed E-state index contributed by atoms with van der Waals surface area (Å²) in [5.74, 6) is 0.662. The number of hydrogen-bond acceptors (Lipinski definition) is 1. The highest BCUT2D eigenvalue weighted by atomic mass is 79.9.